The lowest BCUT2D eigenvalue weighted by Gasteiger charge is -2.17. The summed E-state index contributed by atoms with van der Waals surface area (Å²) in [5, 5.41) is 5.91. The zero-order valence-electron chi connectivity index (χ0n) is 15.6. The van der Waals surface area contributed by atoms with Crippen molar-refractivity contribution < 1.29 is 18.4 Å². The van der Waals surface area contributed by atoms with Crippen molar-refractivity contribution >= 4 is 28.3 Å². The fraction of sp³-hybridized carbons (Fsp3) is 0.190. The van der Waals surface area contributed by atoms with E-state index < -0.39 is 17.7 Å². The number of anilines is 1. The number of carbonyl (C=O) groups is 2. The van der Waals surface area contributed by atoms with Crippen LogP contribution in [-0.2, 0) is 16.0 Å². The normalized spacial score (nSPS) is 11.7. The number of amides is 2. The fourth-order valence-corrected chi connectivity index (χ4v) is 3.70. The van der Waals surface area contributed by atoms with E-state index in [1.54, 1.807) is 6.20 Å². The molecule has 0 spiro atoms. The molecule has 3 aromatic rings. The van der Waals surface area contributed by atoms with Crippen molar-refractivity contribution in [2.75, 3.05) is 5.32 Å². The monoisotopic (exact) mass is 415 g/mol. The van der Waals surface area contributed by atoms with Crippen LogP contribution in [0, 0.1) is 11.6 Å². The van der Waals surface area contributed by atoms with Crippen LogP contribution in [0.25, 0.3) is 0 Å². The third kappa shape index (κ3) is 5.92. The van der Waals surface area contributed by atoms with Crippen LogP contribution in [-0.4, -0.2) is 16.8 Å². The molecular weight excluding hydrogens is 396 g/mol. The van der Waals surface area contributed by atoms with Crippen LogP contribution in [0.5, 0.6) is 0 Å². The quantitative estimate of drug-likeness (QED) is 0.607. The first kappa shape index (κ1) is 20.6. The molecule has 2 aromatic carbocycles. The van der Waals surface area contributed by atoms with Gasteiger partial charge in [-0.15, -0.1) is 11.3 Å². The molecule has 0 bridgehead atoms. The average Bonchev–Trinajstić information content (AvgIpc) is 3.11. The average molecular weight is 415 g/mol. The van der Waals surface area contributed by atoms with E-state index >= 15 is 0 Å². The van der Waals surface area contributed by atoms with Crippen LogP contribution in [0.15, 0.2) is 54.7 Å². The van der Waals surface area contributed by atoms with E-state index in [1.807, 2.05) is 30.3 Å². The Morgan fingerprint density at radius 3 is 2.55 bits per heavy atom. The van der Waals surface area contributed by atoms with E-state index in [2.05, 4.69) is 15.6 Å². The minimum Gasteiger partial charge on any atom is -0.349 e. The van der Waals surface area contributed by atoms with Gasteiger partial charge in [-0.3, -0.25) is 9.59 Å². The van der Waals surface area contributed by atoms with Gasteiger partial charge in [-0.05, 0) is 23.3 Å². The smallest absolute Gasteiger partial charge is 0.228 e. The molecule has 1 heterocycles. The molecule has 0 saturated heterocycles. The number of nitrogens with zero attached hydrogens (tertiary/aromatic N) is 1. The van der Waals surface area contributed by atoms with Crippen LogP contribution in [0.1, 0.15) is 35.4 Å². The lowest BCUT2D eigenvalue weighted by molar-refractivity contribution is -0.120. The third-order valence-corrected chi connectivity index (χ3v) is 5.04. The Labute approximate surface area is 170 Å². The summed E-state index contributed by atoms with van der Waals surface area (Å²) < 4.78 is 26.4. The number of nitrogens with one attached hydrogen (secondary N) is 2. The second-order valence-electron chi connectivity index (χ2n) is 6.47. The first-order chi connectivity index (χ1) is 13.9. The molecule has 8 heteroatoms. The predicted molar refractivity (Wildman–Crippen MR) is 108 cm³/mol. The number of rotatable bonds is 7. The summed E-state index contributed by atoms with van der Waals surface area (Å²) in [6.45, 7) is 1.40. The first-order valence-corrected chi connectivity index (χ1v) is 9.73. The maximum atomic E-state index is 13.3. The fourth-order valence-electron chi connectivity index (χ4n) is 2.84. The van der Waals surface area contributed by atoms with Crippen molar-refractivity contribution in [1.82, 2.24) is 10.3 Å². The van der Waals surface area contributed by atoms with Crippen molar-refractivity contribution in [2.24, 2.45) is 0 Å². The molecule has 2 amide bonds. The number of benzene rings is 2. The van der Waals surface area contributed by atoms with E-state index in [1.165, 1.54) is 24.3 Å². The summed E-state index contributed by atoms with van der Waals surface area (Å²) in [6.07, 6.45) is 2.02. The summed E-state index contributed by atoms with van der Waals surface area (Å²) in [5.74, 6) is -2.31. The SMILES string of the molecule is CC(=O)NC(CC(=O)Nc1ncc(Cc2ccc(F)c(F)c2)s1)c1ccccc1. The summed E-state index contributed by atoms with van der Waals surface area (Å²) >= 11 is 1.26. The molecule has 0 radical (unpaired) electrons. The van der Waals surface area contributed by atoms with Gasteiger partial charge in [0, 0.05) is 24.4 Å². The molecule has 150 valence electrons. The first-order valence-electron chi connectivity index (χ1n) is 8.91. The van der Waals surface area contributed by atoms with E-state index in [0.717, 1.165) is 22.6 Å². The molecule has 1 aromatic heterocycles. The second-order valence-corrected chi connectivity index (χ2v) is 7.59. The van der Waals surface area contributed by atoms with Crippen LogP contribution >= 0.6 is 11.3 Å². The van der Waals surface area contributed by atoms with Crippen LogP contribution in [0.4, 0.5) is 13.9 Å². The number of aromatic nitrogens is 1. The molecule has 0 saturated carbocycles. The van der Waals surface area contributed by atoms with Gasteiger partial charge >= 0.3 is 0 Å². The molecule has 29 heavy (non-hydrogen) atoms. The van der Waals surface area contributed by atoms with Gasteiger partial charge < -0.3 is 10.6 Å². The highest BCUT2D eigenvalue weighted by Crippen LogP contribution is 2.23. The van der Waals surface area contributed by atoms with Gasteiger partial charge in [0.05, 0.1) is 12.5 Å². The number of hydrogen-bond acceptors (Lipinski definition) is 4. The van der Waals surface area contributed by atoms with Gasteiger partial charge in [0.25, 0.3) is 0 Å². The molecule has 1 atom stereocenters. The Balaban J connectivity index is 1.62. The van der Waals surface area contributed by atoms with Gasteiger partial charge in [0.15, 0.2) is 16.8 Å². The molecule has 0 aliphatic rings. The highest BCUT2D eigenvalue weighted by atomic mass is 32.1. The van der Waals surface area contributed by atoms with Gasteiger partial charge in [-0.2, -0.15) is 0 Å². The standard InChI is InChI=1S/C21H19F2N3O2S/c1-13(27)25-19(15-5-3-2-4-6-15)11-20(28)26-21-24-12-16(29-21)9-14-7-8-17(22)18(23)10-14/h2-8,10,12,19H,9,11H2,1H3,(H,25,27)(H,24,26,28). The topological polar surface area (TPSA) is 71.1 Å². The van der Waals surface area contributed by atoms with Gasteiger partial charge in [0.2, 0.25) is 11.8 Å². The molecule has 2 N–H and O–H groups in total. The van der Waals surface area contributed by atoms with E-state index in [9.17, 15) is 18.4 Å². The highest BCUT2D eigenvalue weighted by Gasteiger charge is 2.18. The van der Waals surface area contributed by atoms with E-state index in [0.29, 0.717) is 17.1 Å². The van der Waals surface area contributed by atoms with Gasteiger partial charge in [0.1, 0.15) is 0 Å². The molecule has 5 nitrogen and oxygen atoms in total. The van der Waals surface area contributed by atoms with Crippen molar-refractivity contribution in [3.8, 4) is 0 Å². The number of halogens is 2. The Morgan fingerprint density at radius 1 is 1.10 bits per heavy atom. The van der Waals surface area contributed by atoms with Crippen molar-refractivity contribution in [3.05, 3.63) is 82.4 Å². The molecule has 3 rings (SSSR count). The van der Waals surface area contributed by atoms with Crippen molar-refractivity contribution in [1.29, 1.82) is 0 Å². The van der Waals surface area contributed by atoms with Gasteiger partial charge in [-0.25, -0.2) is 13.8 Å². The lowest BCUT2D eigenvalue weighted by Crippen LogP contribution is -2.29. The minimum absolute atomic E-state index is 0.0572. The Morgan fingerprint density at radius 2 is 1.86 bits per heavy atom. The van der Waals surface area contributed by atoms with Crippen LogP contribution < -0.4 is 10.6 Å². The number of hydrogen-bond donors (Lipinski definition) is 2. The van der Waals surface area contributed by atoms with Crippen molar-refractivity contribution in [2.45, 2.75) is 25.8 Å². The summed E-state index contributed by atoms with van der Waals surface area (Å²) in [6, 6.07) is 12.5. The molecule has 0 fully saturated rings. The Hall–Kier alpha value is -3.13. The lowest BCUT2D eigenvalue weighted by atomic mass is 10.0. The summed E-state index contributed by atoms with van der Waals surface area (Å²) in [5.41, 5.74) is 1.44. The minimum atomic E-state index is -0.898. The Kier molecular flexibility index (Phi) is 6.66. The van der Waals surface area contributed by atoms with Crippen LogP contribution in [0.3, 0.4) is 0 Å². The highest BCUT2D eigenvalue weighted by molar-refractivity contribution is 7.15. The number of carbonyl (C=O) groups excluding carboxylic acids is 2. The maximum Gasteiger partial charge on any atom is 0.228 e. The second kappa shape index (κ2) is 9.38. The molecule has 1 unspecified atom stereocenters. The van der Waals surface area contributed by atoms with Gasteiger partial charge in [-0.1, -0.05) is 36.4 Å². The van der Waals surface area contributed by atoms with Crippen LogP contribution in [0.2, 0.25) is 0 Å². The Bertz CT molecular complexity index is 1010. The molecule has 0 aliphatic carbocycles. The summed E-state index contributed by atoms with van der Waals surface area (Å²) in [7, 11) is 0. The van der Waals surface area contributed by atoms with Crippen molar-refractivity contribution in [3.63, 3.8) is 0 Å². The predicted octanol–water partition coefficient (Wildman–Crippen LogP) is 4.22. The molecule has 0 aliphatic heterocycles. The third-order valence-electron chi connectivity index (χ3n) is 4.13. The maximum absolute atomic E-state index is 13.3. The van der Waals surface area contributed by atoms with E-state index in [-0.39, 0.29) is 18.2 Å². The zero-order chi connectivity index (χ0) is 20.8. The number of thiazole rings is 1. The van der Waals surface area contributed by atoms with E-state index in [4.69, 9.17) is 0 Å². The summed E-state index contributed by atoms with van der Waals surface area (Å²) in [4.78, 5) is 28.9. The zero-order valence-corrected chi connectivity index (χ0v) is 16.4. The molecular formula is C21H19F2N3O2S. The largest absolute Gasteiger partial charge is 0.349 e.